The van der Waals surface area contributed by atoms with E-state index in [9.17, 15) is 9.59 Å². The van der Waals surface area contributed by atoms with Gasteiger partial charge < -0.3 is 16.0 Å². The van der Waals surface area contributed by atoms with Crippen LogP contribution in [0.15, 0.2) is 18.2 Å². The van der Waals surface area contributed by atoms with Crippen molar-refractivity contribution in [3.8, 4) is 0 Å². The van der Waals surface area contributed by atoms with Gasteiger partial charge in [-0.25, -0.2) is 4.79 Å². The normalized spacial score (nSPS) is 15.6. The first-order valence-electron chi connectivity index (χ1n) is 7.04. The first-order valence-corrected chi connectivity index (χ1v) is 7.04. The summed E-state index contributed by atoms with van der Waals surface area (Å²) in [5.74, 6) is -0.490. The van der Waals surface area contributed by atoms with E-state index in [0.717, 1.165) is 31.5 Å². The summed E-state index contributed by atoms with van der Waals surface area (Å²) in [6, 6.07) is 4.99. The number of carbonyl (C=O) groups excluding carboxylic acids is 2. The van der Waals surface area contributed by atoms with Gasteiger partial charge in [-0.1, -0.05) is 18.9 Å². The molecule has 0 atom stereocenters. The molecular formula is C15H21N3O2. The SMILES string of the molecule is Cc1ccc(C(N)=O)cc1NC(=O)N1CCCCCC1. The van der Waals surface area contributed by atoms with E-state index in [4.69, 9.17) is 5.73 Å². The van der Waals surface area contributed by atoms with E-state index in [1.165, 1.54) is 12.8 Å². The van der Waals surface area contributed by atoms with Crippen molar-refractivity contribution in [2.24, 2.45) is 5.73 Å². The minimum Gasteiger partial charge on any atom is -0.366 e. The number of carbonyl (C=O) groups is 2. The molecule has 0 aliphatic carbocycles. The summed E-state index contributed by atoms with van der Waals surface area (Å²) in [6.45, 7) is 3.48. The van der Waals surface area contributed by atoms with E-state index >= 15 is 0 Å². The number of nitrogens with one attached hydrogen (secondary N) is 1. The van der Waals surface area contributed by atoms with Crippen molar-refractivity contribution < 1.29 is 9.59 Å². The van der Waals surface area contributed by atoms with Gasteiger partial charge in [0.05, 0.1) is 0 Å². The van der Waals surface area contributed by atoms with Gasteiger partial charge in [0.15, 0.2) is 0 Å². The standard InChI is InChI=1S/C15H21N3O2/c1-11-6-7-12(14(16)19)10-13(11)17-15(20)18-8-4-2-3-5-9-18/h6-7,10H,2-5,8-9H2,1H3,(H2,16,19)(H,17,20). The van der Waals surface area contributed by atoms with Crippen LogP contribution in [-0.4, -0.2) is 29.9 Å². The van der Waals surface area contributed by atoms with Crippen molar-refractivity contribution >= 4 is 17.6 Å². The molecule has 0 unspecified atom stereocenters. The van der Waals surface area contributed by atoms with Crippen molar-refractivity contribution in [2.45, 2.75) is 32.6 Å². The summed E-state index contributed by atoms with van der Waals surface area (Å²) >= 11 is 0. The predicted molar refractivity (Wildman–Crippen MR) is 78.8 cm³/mol. The summed E-state index contributed by atoms with van der Waals surface area (Å²) < 4.78 is 0. The number of hydrogen-bond acceptors (Lipinski definition) is 2. The molecule has 108 valence electrons. The molecule has 1 aliphatic heterocycles. The van der Waals surface area contributed by atoms with Crippen molar-refractivity contribution in [2.75, 3.05) is 18.4 Å². The number of primary amides is 1. The van der Waals surface area contributed by atoms with E-state index in [1.807, 2.05) is 11.8 Å². The Hall–Kier alpha value is -2.04. The second-order valence-corrected chi connectivity index (χ2v) is 5.23. The number of nitrogens with zero attached hydrogens (tertiary/aromatic N) is 1. The molecule has 5 nitrogen and oxygen atoms in total. The number of urea groups is 1. The summed E-state index contributed by atoms with van der Waals surface area (Å²) in [5, 5.41) is 2.88. The van der Waals surface area contributed by atoms with Gasteiger partial charge in [0.25, 0.3) is 0 Å². The molecule has 1 aliphatic rings. The molecule has 5 heteroatoms. The van der Waals surface area contributed by atoms with Crippen LogP contribution in [0.4, 0.5) is 10.5 Å². The Bertz CT molecular complexity index is 506. The molecule has 1 saturated heterocycles. The second-order valence-electron chi connectivity index (χ2n) is 5.23. The highest BCUT2D eigenvalue weighted by Crippen LogP contribution is 2.18. The number of benzene rings is 1. The molecule has 3 N–H and O–H groups in total. The molecule has 2 rings (SSSR count). The van der Waals surface area contributed by atoms with E-state index in [2.05, 4.69) is 5.32 Å². The zero-order valence-corrected chi connectivity index (χ0v) is 11.8. The van der Waals surface area contributed by atoms with E-state index in [0.29, 0.717) is 11.3 Å². The molecule has 0 bridgehead atoms. The number of rotatable bonds is 2. The fourth-order valence-electron chi connectivity index (χ4n) is 2.38. The summed E-state index contributed by atoms with van der Waals surface area (Å²) in [5.41, 5.74) is 7.23. The van der Waals surface area contributed by atoms with Crippen molar-refractivity contribution in [1.82, 2.24) is 4.90 Å². The monoisotopic (exact) mass is 275 g/mol. The largest absolute Gasteiger partial charge is 0.366 e. The van der Waals surface area contributed by atoms with Crippen LogP contribution in [0.25, 0.3) is 0 Å². The van der Waals surface area contributed by atoms with Gasteiger partial charge in [-0.05, 0) is 37.5 Å². The van der Waals surface area contributed by atoms with E-state index in [1.54, 1.807) is 18.2 Å². The fourth-order valence-corrected chi connectivity index (χ4v) is 2.38. The zero-order valence-electron chi connectivity index (χ0n) is 11.8. The average molecular weight is 275 g/mol. The van der Waals surface area contributed by atoms with Crippen LogP contribution >= 0.6 is 0 Å². The summed E-state index contributed by atoms with van der Waals surface area (Å²) in [7, 11) is 0. The van der Waals surface area contributed by atoms with Crippen molar-refractivity contribution in [3.05, 3.63) is 29.3 Å². The quantitative estimate of drug-likeness (QED) is 0.870. The summed E-state index contributed by atoms with van der Waals surface area (Å²) in [6.07, 6.45) is 4.46. The maximum atomic E-state index is 12.3. The van der Waals surface area contributed by atoms with Crippen LogP contribution in [0, 0.1) is 6.92 Å². The fraction of sp³-hybridized carbons (Fsp3) is 0.467. The van der Waals surface area contributed by atoms with Gasteiger partial charge in [0.2, 0.25) is 5.91 Å². The molecule has 1 heterocycles. The molecule has 3 amide bonds. The van der Waals surface area contributed by atoms with Gasteiger partial charge in [-0.2, -0.15) is 0 Å². The highest BCUT2D eigenvalue weighted by Gasteiger charge is 2.16. The van der Waals surface area contributed by atoms with Crippen LogP contribution in [0.3, 0.4) is 0 Å². The molecule has 0 aromatic heterocycles. The highest BCUT2D eigenvalue weighted by atomic mass is 16.2. The summed E-state index contributed by atoms with van der Waals surface area (Å²) in [4.78, 5) is 25.3. The van der Waals surface area contributed by atoms with Crippen molar-refractivity contribution in [1.29, 1.82) is 0 Å². The number of anilines is 1. The van der Waals surface area contributed by atoms with Gasteiger partial charge in [0, 0.05) is 24.3 Å². The van der Waals surface area contributed by atoms with Crippen LogP contribution < -0.4 is 11.1 Å². The lowest BCUT2D eigenvalue weighted by Gasteiger charge is -2.21. The average Bonchev–Trinajstić information content (AvgIpc) is 2.70. The lowest BCUT2D eigenvalue weighted by atomic mass is 10.1. The van der Waals surface area contributed by atoms with Crippen LogP contribution in [0.2, 0.25) is 0 Å². The maximum Gasteiger partial charge on any atom is 0.321 e. The number of likely N-dealkylation sites (tertiary alicyclic amines) is 1. The van der Waals surface area contributed by atoms with Crippen molar-refractivity contribution in [3.63, 3.8) is 0 Å². The minimum atomic E-state index is -0.490. The molecule has 20 heavy (non-hydrogen) atoms. The molecule has 1 fully saturated rings. The third kappa shape index (κ3) is 3.50. The minimum absolute atomic E-state index is 0.100. The second kappa shape index (κ2) is 6.41. The van der Waals surface area contributed by atoms with Gasteiger partial charge in [-0.15, -0.1) is 0 Å². The predicted octanol–water partition coefficient (Wildman–Crippen LogP) is 2.50. The lowest BCUT2D eigenvalue weighted by molar-refractivity contribution is 0.1000. The zero-order chi connectivity index (χ0) is 14.5. The Morgan fingerprint density at radius 2 is 1.80 bits per heavy atom. The first kappa shape index (κ1) is 14.4. The smallest absolute Gasteiger partial charge is 0.321 e. The topological polar surface area (TPSA) is 75.4 Å². The lowest BCUT2D eigenvalue weighted by Crippen LogP contribution is -2.35. The Balaban J connectivity index is 2.10. The third-order valence-corrected chi connectivity index (χ3v) is 3.66. The number of aryl methyl sites for hydroxylation is 1. The van der Waals surface area contributed by atoms with Crippen LogP contribution in [0.5, 0.6) is 0 Å². The van der Waals surface area contributed by atoms with E-state index < -0.39 is 5.91 Å². The molecule has 1 aromatic carbocycles. The Labute approximate surface area is 119 Å². The highest BCUT2D eigenvalue weighted by molar-refractivity contribution is 5.96. The number of hydrogen-bond donors (Lipinski definition) is 2. The van der Waals surface area contributed by atoms with E-state index in [-0.39, 0.29) is 6.03 Å². The molecular weight excluding hydrogens is 254 g/mol. The maximum absolute atomic E-state index is 12.3. The van der Waals surface area contributed by atoms with Crippen LogP contribution in [-0.2, 0) is 0 Å². The third-order valence-electron chi connectivity index (χ3n) is 3.66. The Kier molecular flexibility index (Phi) is 4.61. The molecule has 0 saturated carbocycles. The number of nitrogens with two attached hydrogens (primary N) is 1. The molecule has 0 spiro atoms. The Morgan fingerprint density at radius 1 is 1.15 bits per heavy atom. The number of amides is 3. The Morgan fingerprint density at radius 3 is 2.40 bits per heavy atom. The molecule has 0 radical (unpaired) electrons. The van der Waals surface area contributed by atoms with Gasteiger partial charge >= 0.3 is 6.03 Å². The van der Waals surface area contributed by atoms with Crippen LogP contribution in [0.1, 0.15) is 41.6 Å². The molecule has 1 aromatic rings. The van der Waals surface area contributed by atoms with Gasteiger partial charge in [0.1, 0.15) is 0 Å². The van der Waals surface area contributed by atoms with Gasteiger partial charge in [-0.3, -0.25) is 4.79 Å². The first-order chi connectivity index (χ1) is 9.58.